The van der Waals surface area contributed by atoms with Crippen LogP contribution in [0.1, 0.15) is 31.4 Å². The van der Waals surface area contributed by atoms with Crippen LogP contribution < -0.4 is 0 Å². The quantitative estimate of drug-likeness (QED) is 0.886. The van der Waals surface area contributed by atoms with E-state index in [0.717, 1.165) is 48.9 Å². The monoisotopic (exact) mass is 345 g/mol. The molecule has 2 atom stereocenters. The second kappa shape index (κ2) is 6.56. The Morgan fingerprint density at radius 1 is 1.55 bits per heavy atom. The molecule has 5 nitrogen and oxygen atoms in total. The Hall–Kier alpha value is -0.430. The Bertz CT molecular complexity index is 450. The molecule has 0 saturated heterocycles. The minimum atomic E-state index is -0.950. The van der Waals surface area contributed by atoms with Crippen LogP contribution in [0.3, 0.4) is 0 Å². The third-order valence-electron chi connectivity index (χ3n) is 4.06. The third kappa shape index (κ3) is 3.08. The van der Waals surface area contributed by atoms with Gasteiger partial charge < -0.3 is 14.7 Å². The maximum absolute atomic E-state index is 11.2. The van der Waals surface area contributed by atoms with Crippen LogP contribution in [0, 0.1) is 0 Å². The standard InChI is InChI=1S/C14H24BrN3O2/c1-17(2)8-9-18-13(11(15)10-16-18)14(19)7-5-4-6-12(14)20-3/h10,12,19H,4-9H2,1-3H3. The van der Waals surface area contributed by atoms with E-state index in [2.05, 4.69) is 25.9 Å². The van der Waals surface area contributed by atoms with Gasteiger partial charge in [0, 0.05) is 13.7 Å². The predicted octanol–water partition coefficient (Wildman–Crippen LogP) is 1.98. The number of likely N-dealkylation sites (N-methyl/N-ethyl adjacent to an activating group) is 1. The van der Waals surface area contributed by atoms with Crippen molar-refractivity contribution in [3.05, 3.63) is 16.4 Å². The van der Waals surface area contributed by atoms with Crippen LogP contribution in [0.4, 0.5) is 0 Å². The second-order valence-corrected chi connectivity index (χ2v) is 6.62. The predicted molar refractivity (Wildman–Crippen MR) is 81.6 cm³/mol. The van der Waals surface area contributed by atoms with E-state index in [-0.39, 0.29) is 6.10 Å². The lowest BCUT2D eigenvalue weighted by Gasteiger charge is -2.39. The van der Waals surface area contributed by atoms with Crippen molar-refractivity contribution in [2.45, 2.75) is 43.9 Å². The number of rotatable bonds is 5. The van der Waals surface area contributed by atoms with Gasteiger partial charge >= 0.3 is 0 Å². The number of aromatic nitrogens is 2. The van der Waals surface area contributed by atoms with E-state index >= 15 is 0 Å². The van der Waals surface area contributed by atoms with Crippen molar-refractivity contribution in [1.82, 2.24) is 14.7 Å². The molecule has 0 amide bonds. The van der Waals surface area contributed by atoms with Gasteiger partial charge in [-0.05, 0) is 49.3 Å². The average Bonchev–Trinajstić information content (AvgIpc) is 2.78. The lowest BCUT2D eigenvalue weighted by atomic mass is 9.79. The Morgan fingerprint density at radius 3 is 2.95 bits per heavy atom. The largest absolute Gasteiger partial charge is 0.381 e. The smallest absolute Gasteiger partial charge is 0.133 e. The molecule has 1 heterocycles. The van der Waals surface area contributed by atoms with Crippen LogP contribution in [-0.4, -0.2) is 53.6 Å². The Balaban J connectivity index is 2.31. The van der Waals surface area contributed by atoms with E-state index in [9.17, 15) is 5.11 Å². The van der Waals surface area contributed by atoms with Crippen molar-refractivity contribution in [3.8, 4) is 0 Å². The molecule has 0 spiro atoms. The summed E-state index contributed by atoms with van der Waals surface area (Å²) in [6.07, 6.45) is 5.33. The number of aliphatic hydroxyl groups is 1. The number of methoxy groups -OCH3 is 1. The van der Waals surface area contributed by atoms with Crippen molar-refractivity contribution < 1.29 is 9.84 Å². The highest BCUT2D eigenvalue weighted by Gasteiger charge is 2.44. The van der Waals surface area contributed by atoms with Crippen LogP contribution >= 0.6 is 15.9 Å². The zero-order valence-corrected chi connectivity index (χ0v) is 14.1. The molecule has 1 saturated carbocycles. The highest BCUT2D eigenvalue weighted by Crippen LogP contribution is 2.41. The molecule has 1 aliphatic rings. The van der Waals surface area contributed by atoms with Gasteiger partial charge in [-0.25, -0.2) is 0 Å². The van der Waals surface area contributed by atoms with Gasteiger partial charge in [-0.15, -0.1) is 0 Å². The summed E-state index contributed by atoms with van der Waals surface area (Å²) in [5.74, 6) is 0. The molecular formula is C14H24BrN3O2. The Labute approximate surface area is 129 Å². The topological polar surface area (TPSA) is 50.5 Å². The fourth-order valence-electron chi connectivity index (χ4n) is 2.96. The first-order valence-electron chi connectivity index (χ1n) is 7.10. The summed E-state index contributed by atoms with van der Waals surface area (Å²) < 4.78 is 8.31. The van der Waals surface area contributed by atoms with Crippen molar-refractivity contribution in [2.75, 3.05) is 27.7 Å². The van der Waals surface area contributed by atoms with Crippen molar-refractivity contribution in [3.63, 3.8) is 0 Å². The van der Waals surface area contributed by atoms with Gasteiger partial charge in [0.2, 0.25) is 0 Å². The first kappa shape index (κ1) is 15.9. The van der Waals surface area contributed by atoms with Crippen LogP contribution in [0.25, 0.3) is 0 Å². The minimum Gasteiger partial charge on any atom is -0.381 e. The maximum atomic E-state index is 11.2. The zero-order valence-electron chi connectivity index (χ0n) is 12.5. The van der Waals surface area contributed by atoms with Gasteiger partial charge in [-0.3, -0.25) is 4.68 Å². The van der Waals surface area contributed by atoms with Gasteiger partial charge in [0.05, 0.1) is 29.0 Å². The molecular weight excluding hydrogens is 322 g/mol. The third-order valence-corrected chi connectivity index (χ3v) is 4.64. The summed E-state index contributed by atoms with van der Waals surface area (Å²) in [6.45, 7) is 1.64. The molecule has 20 heavy (non-hydrogen) atoms. The molecule has 1 aromatic rings. The lowest BCUT2D eigenvalue weighted by molar-refractivity contribution is -0.127. The lowest BCUT2D eigenvalue weighted by Crippen LogP contribution is -2.45. The summed E-state index contributed by atoms with van der Waals surface area (Å²) in [6, 6.07) is 0. The van der Waals surface area contributed by atoms with Crippen LogP contribution in [0.15, 0.2) is 10.7 Å². The van der Waals surface area contributed by atoms with Crippen molar-refractivity contribution in [1.29, 1.82) is 0 Å². The summed E-state index contributed by atoms with van der Waals surface area (Å²) >= 11 is 3.54. The van der Waals surface area contributed by atoms with Crippen LogP contribution in [0.5, 0.6) is 0 Å². The highest BCUT2D eigenvalue weighted by atomic mass is 79.9. The molecule has 1 aliphatic carbocycles. The first-order chi connectivity index (χ1) is 9.49. The molecule has 2 unspecified atom stereocenters. The van der Waals surface area contributed by atoms with Gasteiger partial charge in [0.25, 0.3) is 0 Å². The minimum absolute atomic E-state index is 0.164. The number of hydrogen-bond acceptors (Lipinski definition) is 4. The fraction of sp³-hybridized carbons (Fsp3) is 0.786. The number of hydrogen-bond donors (Lipinski definition) is 1. The summed E-state index contributed by atoms with van der Waals surface area (Å²) in [5.41, 5.74) is -0.0971. The number of ether oxygens (including phenoxy) is 1. The van der Waals surface area contributed by atoms with Crippen LogP contribution in [0.2, 0.25) is 0 Å². The molecule has 0 aromatic carbocycles. The van der Waals surface area contributed by atoms with E-state index < -0.39 is 5.60 Å². The summed E-state index contributed by atoms with van der Waals surface area (Å²) in [4.78, 5) is 2.11. The Kier molecular flexibility index (Phi) is 5.23. The van der Waals surface area contributed by atoms with Gasteiger partial charge in [-0.2, -0.15) is 5.10 Å². The number of nitrogens with zero attached hydrogens (tertiary/aromatic N) is 3. The molecule has 114 valence electrons. The normalized spacial score (nSPS) is 27.2. The van der Waals surface area contributed by atoms with E-state index in [1.807, 2.05) is 18.8 Å². The molecule has 1 N–H and O–H groups in total. The average molecular weight is 346 g/mol. The van der Waals surface area contributed by atoms with E-state index in [4.69, 9.17) is 4.74 Å². The number of halogens is 1. The van der Waals surface area contributed by atoms with E-state index in [1.54, 1.807) is 13.3 Å². The fourth-order valence-corrected chi connectivity index (χ4v) is 3.60. The van der Waals surface area contributed by atoms with Gasteiger partial charge in [0.15, 0.2) is 0 Å². The van der Waals surface area contributed by atoms with Gasteiger partial charge in [-0.1, -0.05) is 6.42 Å². The summed E-state index contributed by atoms with van der Waals surface area (Å²) in [7, 11) is 5.74. The van der Waals surface area contributed by atoms with Crippen LogP contribution in [-0.2, 0) is 16.9 Å². The molecule has 0 aliphatic heterocycles. The van der Waals surface area contributed by atoms with Crippen molar-refractivity contribution >= 4 is 15.9 Å². The summed E-state index contributed by atoms with van der Waals surface area (Å²) in [5, 5.41) is 15.6. The first-order valence-corrected chi connectivity index (χ1v) is 7.90. The maximum Gasteiger partial charge on any atom is 0.133 e. The molecule has 1 aromatic heterocycles. The van der Waals surface area contributed by atoms with E-state index in [0.29, 0.717) is 0 Å². The molecule has 1 fully saturated rings. The Morgan fingerprint density at radius 2 is 2.30 bits per heavy atom. The highest BCUT2D eigenvalue weighted by molar-refractivity contribution is 9.10. The molecule has 6 heteroatoms. The SMILES string of the molecule is COC1CCCCC1(O)c1c(Br)cnn1CCN(C)C. The van der Waals surface area contributed by atoms with Crippen molar-refractivity contribution in [2.24, 2.45) is 0 Å². The molecule has 2 rings (SSSR count). The second-order valence-electron chi connectivity index (χ2n) is 5.76. The van der Waals surface area contributed by atoms with Gasteiger partial charge in [0.1, 0.15) is 5.60 Å². The molecule has 0 bridgehead atoms. The zero-order chi connectivity index (χ0) is 14.8. The molecule has 0 radical (unpaired) electrons. The van der Waals surface area contributed by atoms with E-state index in [1.165, 1.54) is 0 Å².